The van der Waals surface area contributed by atoms with Crippen molar-refractivity contribution < 1.29 is 4.79 Å². The Morgan fingerprint density at radius 3 is 2.35 bits per heavy atom. The van der Waals surface area contributed by atoms with Gasteiger partial charge in [-0.1, -0.05) is 58.6 Å². The van der Waals surface area contributed by atoms with E-state index in [1.807, 2.05) is 37.3 Å². The number of aryl methyl sites for hydroxylation is 1. The summed E-state index contributed by atoms with van der Waals surface area (Å²) in [6, 6.07) is 14.7. The van der Waals surface area contributed by atoms with Crippen molar-refractivity contribution in [3.63, 3.8) is 0 Å². The van der Waals surface area contributed by atoms with Crippen LogP contribution in [0.5, 0.6) is 0 Å². The van der Waals surface area contributed by atoms with E-state index in [1.54, 1.807) is 18.2 Å². The number of hydrogen-bond donors (Lipinski definition) is 2. The molecule has 1 atom stereocenters. The molecule has 0 heterocycles. The lowest BCUT2D eigenvalue weighted by Gasteiger charge is -2.27. The molecule has 0 saturated carbocycles. The van der Waals surface area contributed by atoms with Gasteiger partial charge in [-0.05, 0) is 59.8 Å². The second-order valence-electron chi connectivity index (χ2n) is 4.97. The largest absolute Gasteiger partial charge is 0.362 e. The van der Waals surface area contributed by atoms with Crippen LogP contribution in [0.15, 0.2) is 48.5 Å². The van der Waals surface area contributed by atoms with Gasteiger partial charge >= 0.3 is 0 Å². The van der Waals surface area contributed by atoms with Gasteiger partial charge in [-0.3, -0.25) is 4.79 Å². The summed E-state index contributed by atoms with van der Waals surface area (Å²) < 4.78 is -0.755. The summed E-state index contributed by atoms with van der Waals surface area (Å²) >= 11 is 20.1. The van der Waals surface area contributed by atoms with Crippen LogP contribution in [0, 0.1) is 10.5 Å². The minimum atomic E-state index is -1.71. The van der Waals surface area contributed by atoms with E-state index in [-0.39, 0.29) is 5.91 Å². The van der Waals surface area contributed by atoms with Gasteiger partial charge in [-0.2, -0.15) is 0 Å². The summed E-state index contributed by atoms with van der Waals surface area (Å²) in [6.45, 7) is 1.98. The lowest BCUT2D eigenvalue weighted by Crippen LogP contribution is -2.49. The maximum atomic E-state index is 12.4. The molecule has 23 heavy (non-hydrogen) atoms. The molecule has 0 aliphatic heterocycles. The molecule has 0 bridgehead atoms. The maximum absolute atomic E-state index is 12.4. The van der Waals surface area contributed by atoms with Crippen molar-refractivity contribution in [2.45, 2.75) is 16.9 Å². The van der Waals surface area contributed by atoms with Crippen LogP contribution >= 0.6 is 57.4 Å². The van der Waals surface area contributed by atoms with Crippen LogP contribution in [-0.2, 0) is 0 Å². The SMILES string of the molecule is Cc1ccc(N[C@@H](NC(=O)c2cccc(I)c2)C(Cl)(Cl)Cl)cc1. The highest BCUT2D eigenvalue weighted by atomic mass is 127. The Morgan fingerprint density at radius 2 is 1.78 bits per heavy atom. The van der Waals surface area contributed by atoms with Crippen molar-refractivity contribution in [3.05, 3.63) is 63.2 Å². The predicted molar refractivity (Wildman–Crippen MR) is 106 cm³/mol. The molecule has 2 N–H and O–H groups in total. The van der Waals surface area contributed by atoms with Gasteiger partial charge in [0.2, 0.25) is 3.79 Å². The number of benzene rings is 2. The van der Waals surface area contributed by atoms with Crippen LogP contribution < -0.4 is 10.6 Å². The molecule has 2 rings (SSSR count). The molecule has 2 aromatic rings. The summed E-state index contributed by atoms with van der Waals surface area (Å²) in [5.41, 5.74) is 2.36. The van der Waals surface area contributed by atoms with E-state index in [9.17, 15) is 4.79 Å². The molecule has 0 aliphatic rings. The first-order valence-electron chi connectivity index (χ1n) is 6.72. The number of anilines is 1. The van der Waals surface area contributed by atoms with Crippen LogP contribution in [0.25, 0.3) is 0 Å². The average molecular weight is 484 g/mol. The number of carbonyl (C=O) groups is 1. The third-order valence-corrected chi connectivity index (χ3v) is 4.38. The number of halogens is 4. The standard InChI is InChI=1S/C16H14Cl3IN2O/c1-10-5-7-13(8-6-10)21-15(16(17,18)19)22-14(23)11-3-2-4-12(20)9-11/h2-9,15,21H,1H3,(H,22,23)/t15-/m0/s1. The van der Waals surface area contributed by atoms with E-state index in [4.69, 9.17) is 34.8 Å². The minimum absolute atomic E-state index is 0.320. The van der Waals surface area contributed by atoms with Crippen LogP contribution in [0.4, 0.5) is 5.69 Å². The predicted octanol–water partition coefficient (Wildman–Crippen LogP) is 5.14. The van der Waals surface area contributed by atoms with Crippen LogP contribution in [-0.4, -0.2) is 15.9 Å². The minimum Gasteiger partial charge on any atom is -0.362 e. The van der Waals surface area contributed by atoms with Crippen molar-refractivity contribution >= 4 is 69.0 Å². The van der Waals surface area contributed by atoms with Crippen LogP contribution in [0.2, 0.25) is 0 Å². The van der Waals surface area contributed by atoms with Crippen molar-refractivity contribution in [2.24, 2.45) is 0 Å². The van der Waals surface area contributed by atoms with E-state index in [2.05, 4.69) is 33.2 Å². The zero-order chi connectivity index (χ0) is 17.0. The van der Waals surface area contributed by atoms with E-state index in [1.165, 1.54) is 0 Å². The first-order chi connectivity index (χ1) is 10.8. The van der Waals surface area contributed by atoms with Crippen molar-refractivity contribution in [3.8, 4) is 0 Å². The highest BCUT2D eigenvalue weighted by Gasteiger charge is 2.34. The topological polar surface area (TPSA) is 41.1 Å². The molecule has 0 radical (unpaired) electrons. The van der Waals surface area contributed by atoms with Gasteiger partial charge in [0, 0.05) is 14.8 Å². The number of amides is 1. The van der Waals surface area contributed by atoms with Gasteiger partial charge in [0.25, 0.3) is 5.91 Å². The lowest BCUT2D eigenvalue weighted by atomic mass is 10.2. The molecule has 7 heteroatoms. The zero-order valence-corrected chi connectivity index (χ0v) is 16.5. The Balaban J connectivity index is 2.16. The molecule has 0 aliphatic carbocycles. The monoisotopic (exact) mass is 482 g/mol. The van der Waals surface area contributed by atoms with Crippen molar-refractivity contribution in [2.75, 3.05) is 5.32 Å². The second kappa shape index (κ2) is 7.92. The Hall–Kier alpha value is -0.690. The highest BCUT2D eigenvalue weighted by molar-refractivity contribution is 14.1. The second-order valence-corrected chi connectivity index (χ2v) is 8.58. The molecule has 122 valence electrons. The first kappa shape index (κ1) is 18.6. The summed E-state index contributed by atoms with van der Waals surface area (Å²) in [5, 5.41) is 5.75. The fourth-order valence-electron chi connectivity index (χ4n) is 1.86. The molecular weight excluding hydrogens is 469 g/mol. The molecule has 2 aromatic carbocycles. The number of alkyl halides is 3. The smallest absolute Gasteiger partial charge is 0.253 e. The van der Waals surface area contributed by atoms with Gasteiger partial charge in [-0.25, -0.2) is 0 Å². The molecular formula is C16H14Cl3IN2O. The average Bonchev–Trinajstić information content (AvgIpc) is 2.47. The number of carbonyl (C=O) groups excluding carboxylic acids is 1. The van der Waals surface area contributed by atoms with Crippen molar-refractivity contribution in [1.82, 2.24) is 5.32 Å². The molecule has 0 unspecified atom stereocenters. The number of nitrogens with one attached hydrogen (secondary N) is 2. The van der Waals surface area contributed by atoms with Gasteiger partial charge in [0.05, 0.1) is 0 Å². The van der Waals surface area contributed by atoms with E-state index >= 15 is 0 Å². The first-order valence-corrected chi connectivity index (χ1v) is 8.93. The van der Waals surface area contributed by atoms with Crippen LogP contribution in [0.1, 0.15) is 15.9 Å². The maximum Gasteiger partial charge on any atom is 0.253 e. The molecule has 0 saturated heterocycles. The normalized spacial score (nSPS) is 12.6. The fraction of sp³-hybridized carbons (Fsp3) is 0.188. The Morgan fingerprint density at radius 1 is 1.13 bits per heavy atom. The Labute approximate surface area is 163 Å². The van der Waals surface area contributed by atoms with E-state index < -0.39 is 9.96 Å². The molecule has 0 spiro atoms. The van der Waals surface area contributed by atoms with Gasteiger partial charge in [0.1, 0.15) is 6.17 Å². The zero-order valence-electron chi connectivity index (χ0n) is 12.1. The lowest BCUT2D eigenvalue weighted by molar-refractivity contribution is 0.0942. The third-order valence-electron chi connectivity index (χ3n) is 3.05. The Kier molecular flexibility index (Phi) is 6.42. The fourth-order valence-corrected chi connectivity index (χ4v) is 2.73. The number of hydrogen-bond acceptors (Lipinski definition) is 2. The number of rotatable bonds is 4. The van der Waals surface area contributed by atoms with E-state index in [0.29, 0.717) is 5.56 Å². The molecule has 3 nitrogen and oxygen atoms in total. The van der Waals surface area contributed by atoms with Gasteiger partial charge < -0.3 is 10.6 Å². The highest BCUT2D eigenvalue weighted by Crippen LogP contribution is 2.31. The van der Waals surface area contributed by atoms with Crippen molar-refractivity contribution in [1.29, 1.82) is 0 Å². The third kappa shape index (κ3) is 5.71. The van der Waals surface area contributed by atoms with Gasteiger partial charge in [0.15, 0.2) is 0 Å². The summed E-state index contributed by atoms with van der Waals surface area (Å²) in [4.78, 5) is 12.4. The summed E-state index contributed by atoms with van der Waals surface area (Å²) in [5.74, 6) is -0.320. The van der Waals surface area contributed by atoms with Gasteiger partial charge in [-0.15, -0.1) is 0 Å². The molecule has 1 amide bonds. The molecule has 0 fully saturated rings. The summed E-state index contributed by atoms with van der Waals surface area (Å²) in [6.07, 6.45) is -0.874. The Bertz CT molecular complexity index is 686. The van der Waals surface area contributed by atoms with E-state index in [0.717, 1.165) is 14.8 Å². The molecule has 0 aromatic heterocycles. The summed E-state index contributed by atoms with van der Waals surface area (Å²) in [7, 11) is 0. The quantitative estimate of drug-likeness (QED) is 0.359. The van der Waals surface area contributed by atoms with Crippen LogP contribution in [0.3, 0.4) is 0 Å².